The second-order valence-electron chi connectivity index (χ2n) is 10.1. The molecule has 3 N–H and O–H groups in total. The van der Waals surface area contributed by atoms with Gasteiger partial charge in [0.1, 0.15) is 6.33 Å². The van der Waals surface area contributed by atoms with Gasteiger partial charge in [0.05, 0.1) is 22.8 Å². The summed E-state index contributed by atoms with van der Waals surface area (Å²) in [6.45, 7) is 3.71. The van der Waals surface area contributed by atoms with E-state index in [0.717, 1.165) is 57.3 Å². The lowest BCUT2D eigenvalue weighted by atomic mass is 9.79. The highest BCUT2D eigenvalue weighted by molar-refractivity contribution is 5.83. The van der Waals surface area contributed by atoms with Crippen molar-refractivity contribution >= 4 is 22.8 Å². The molecule has 1 aliphatic heterocycles. The van der Waals surface area contributed by atoms with Crippen LogP contribution < -0.4 is 16.0 Å². The maximum atomic E-state index is 13.1. The summed E-state index contributed by atoms with van der Waals surface area (Å²) in [5.74, 6) is 0.360. The fraction of sp³-hybridized carbons (Fsp3) is 0.615. The highest BCUT2D eigenvalue weighted by Crippen LogP contribution is 2.33. The van der Waals surface area contributed by atoms with E-state index in [9.17, 15) is 22.8 Å². The van der Waals surface area contributed by atoms with Crippen molar-refractivity contribution < 1.29 is 22.8 Å². The Morgan fingerprint density at radius 1 is 1.14 bits per heavy atom. The van der Waals surface area contributed by atoms with Crippen molar-refractivity contribution in [1.29, 1.82) is 0 Å². The van der Waals surface area contributed by atoms with E-state index in [1.807, 2.05) is 0 Å². The van der Waals surface area contributed by atoms with Gasteiger partial charge in [0.25, 0.3) is 0 Å². The third-order valence-corrected chi connectivity index (χ3v) is 7.72. The first-order valence-corrected chi connectivity index (χ1v) is 13.0. The number of rotatable bonds is 8. The lowest BCUT2D eigenvalue weighted by Gasteiger charge is -2.47. The topological polar surface area (TPSA) is 99.2 Å². The molecule has 3 amide bonds. The Hall–Kier alpha value is -2.95. The van der Waals surface area contributed by atoms with Crippen LogP contribution in [-0.2, 0) is 17.4 Å². The number of likely N-dealkylation sites (tertiary alicyclic amines) is 1. The number of urea groups is 1. The number of amides is 3. The number of nitrogens with zero attached hydrogens (tertiary/aromatic N) is 3. The maximum absolute atomic E-state index is 13.1. The van der Waals surface area contributed by atoms with Gasteiger partial charge in [-0.05, 0) is 62.6 Å². The number of alkyl halides is 3. The van der Waals surface area contributed by atoms with Crippen LogP contribution in [0.2, 0.25) is 0 Å². The number of hydrogen-bond donors (Lipinski definition) is 3. The highest BCUT2D eigenvalue weighted by atomic mass is 19.4. The molecule has 1 saturated carbocycles. The highest BCUT2D eigenvalue weighted by Gasteiger charge is 2.36. The molecule has 0 spiro atoms. The van der Waals surface area contributed by atoms with E-state index in [2.05, 4.69) is 37.7 Å². The average Bonchev–Trinajstić information content (AvgIpc) is 2.87. The number of carbonyl (C=O) groups excluding carboxylic acids is 2. The third kappa shape index (κ3) is 6.68. The predicted molar refractivity (Wildman–Crippen MR) is 134 cm³/mol. The molecule has 8 nitrogen and oxygen atoms in total. The lowest BCUT2D eigenvalue weighted by Crippen LogP contribution is -2.62. The molecule has 2 fully saturated rings. The number of nitrogens with one attached hydrogen (secondary N) is 3. The first-order chi connectivity index (χ1) is 17.7. The number of benzene rings is 1. The summed E-state index contributed by atoms with van der Waals surface area (Å²) in [5, 5.41) is 9.06. The number of halogens is 3. The quantitative estimate of drug-likeness (QED) is 0.494. The molecule has 1 saturated heterocycles. The largest absolute Gasteiger partial charge is 0.416 e. The van der Waals surface area contributed by atoms with E-state index in [1.165, 1.54) is 12.4 Å². The minimum Gasteiger partial charge on any atom is -0.351 e. The molecule has 1 aromatic heterocycles. The van der Waals surface area contributed by atoms with Gasteiger partial charge in [-0.25, -0.2) is 14.8 Å². The maximum Gasteiger partial charge on any atom is 0.416 e. The van der Waals surface area contributed by atoms with Crippen LogP contribution in [0.15, 0.2) is 24.5 Å². The van der Waals surface area contributed by atoms with Gasteiger partial charge in [-0.2, -0.15) is 13.2 Å². The third-order valence-electron chi connectivity index (χ3n) is 7.72. The van der Waals surface area contributed by atoms with Crippen LogP contribution >= 0.6 is 0 Å². The Morgan fingerprint density at radius 3 is 2.51 bits per heavy atom. The molecule has 1 aromatic carbocycles. The van der Waals surface area contributed by atoms with Gasteiger partial charge in [-0.3, -0.25) is 9.69 Å². The van der Waals surface area contributed by atoms with E-state index < -0.39 is 11.7 Å². The van der Waals surface area contributed by atoms with Crippen molar-refractivity contribution in [3.05, 3.63) is 35.8 Å². The zero-order valence-electron chi connectivity index (χ0n) is 21.3. The summed E-state index contributed by atoms with van der Waals surface area (Å²) in [6.07, 6.45) is 2.49. The fourth-order valence-corrected chi connectivity index (χ4v) is 5.58. The summed E-state index contributed by atoms with van der Waals surface area (Å²) in [6, 6.07) is 4.04. The minimum absolute atomic E-state index is 0.0857. The Balaban J connectivity index is 1.21. The second-order valence-corrected chi connectivity index (χ2v) is 10.1. The van der Waals surface area contributed by atoms with Crippen LogP contribution in [0.1, 0.15) is 56.7 Å². The molecule has 11 heteroatoms. The first-order valence-electron chi connectivity index (χ1n) is 13.0. The predicted octanol–water partition coefficient (Wildman–Crippen LogP) is 3.65. The smallest absolute Gasteiger partial charge is 0.351 e. The minimum atomic E-state index is -4.45. The molecule has 1 unspecified atom stereocenters. The van der Waals surface area contributed by atoms with Crippen molar-refractivity contribution in [3.8, 4) is 0 Å². The van der Waals surface area contributed by atoms with E-state index in [0.29, 0.717) is 28.6 Å². The normalized spacial score (nSPS) is 21.8. The van der Waals surface area contributed by atoms with Gasteiger partial charge in [-0.1, -0.05) is 6.92 Å². The van der Waals surface area contributed by atoms with Crippen molar-refractivity contribution in [3.63, 3.8) is 0 Å². The van der Waals surface area contributed by atoms with E-state index in [4.69, 9.17) is 0 Å². The molecule has 4 rings (SSSR count). The van der Waals surface area contributed by atoms with Crippen molar-refractivity contribution in [1.82, 2.24) is 30.8 Å². The average molecular weight is 521 g/mol. The van der Waals surface area contributed by atoms with Gasteiger partial charge < -0.3 is 16.0 Å². The zero-order valence-corrected chi connectivity index (χ0v) is 21.3. The number of aromatic nitrogens is 2. The van der Waals surface area contributed by atoms with Crippen molar-refractivity contribution in [2.24, 2.45) is 5.92 Å². The molecular formula is C26H35F3N6O2. The molecule has 0 radical (unpaired) electrons. The van der Waals surface area contributed by atoms with Crippen LogP contribution in [0, 0.1) is 5.92 Å². The monoisotopic (exact) mass is 520 g/mol. The van der Waals surface area contributed by atoms with E-state index in [-0.39, 0.29) is 36.9 Å². The van der Waals surface area contributed by atoms with Crippen molar-refractivity contribution in [2.75, 3.05) is 20.1 Å². The number of carbonyl (C=O) groups is 2. The van der Waals surface area contributed by atoms with Gasteiger partial charge in [-0.15, -0.1) is 0 Å². The Morgan fingerprint density at radius 2 is 1.86 bits per heavy atom. The van der Waals surface area contributed by atoms with Crippen LogP contribution in [0.5, 0.6) is 0 Å². The second kappa shape index (κ2) is 11.6. The number of hydrogen-bond acceptors (Lipinski definition) is 5. The van der Waals surface area contributed by atoms with E-state index >= 15 is 0 Å². The molecule has 1 atom stereocenters. The van der Waals surface area contributed by atoms with Gasteiger partial charge in [0.15, 0.2) is 0 Å². The van der Waals surface area contributed by atoms with E-state index in [1.54, 1.807) is 7.05 Å². The number of aryl methyl sites for hydroxylation is 1. The van der Waals surface area contributed by atoms with Gasteiger partial charge >= 0.3 is 12.2 Å². The Kier molecular flexibility index (Phi) is 8.51. The standard InChI is InChI=1S/C26H35F3N6O2/c1-3-21(34-25(37)30-2)16-4-7-19(8-5-16)35-13-18(14-35)33-24(36)11-10-23-20-12-17(26(27,28)29)6-9-22(20)31-15-32-23/h6,9,12,15-16,18-19,21H,3-5,7-8,10-11,13-14H2,1-2H3,(H,33,36)(H2,30,34,37). The van der Waals surface area contributed by atoms with Crippen LogP contribution in [0.3, 0.4) is 0 Å². The molecule has 2 aromatic rings. The van der Waals surface area contributed by atoms with Crippen LogP contribution in [0.4, 0.5) is 18.0 Å². The lowest BCUT2D eigenvalue weighted by molar-refractivity contribution is -0.137. The summed E-state index contributed by atoms with van der Waals surface area (Å²) in [7, 11) is 1.63. The molecule has 1 aliphatic carbocycles. The first kappa shape index (κ1) is 27.1. The molecule has 2 aliphatic rings. The summed E-state index contributed by atoms with van der Waals surface area (Å²) in [4.78, 5) is 34.8. The molecular weight excluding hydrogens is 485 g/mol. The SMILES string of the molecule is CCC(NC(=O)NC)C1CCC(N2CC(NC(=O)CCc3ncnc4ccc(C(F)(F)F)cc34)C2)CC1. The Labute approximate surface area is 214 Å². The zero-order chi connectivity index (χ0) is 26.6. The van der Waals surface area contributed by atoms with Gasteiger partial charge in [0, 0.05) is 44.0 Å². The molecule has 37 heavy (non-hydrogen) atoms. The fourth-order valence-electron chi connectivity index (χ4n) is 5.58. The Bertz CT molecular complexity index is 1100. The molecule has 0 bridgehead atoms. The summed E-state index contributed by atoms with van der Waals surface area (Å²) < 4.78 is 39.4. The number of fused-ring (bicyclic) bond motifs is 1. The van der Waals surface area contributed by atoms with Crippen LogP contribution in [-0.4, -0.2) is 65.1 Å². The van der Waals surface area contributed by atoms with Gasteiger partial charge in [0.2, 0.25) is 5.91 Å². The molecule has 2 heterocycles. The summed E-state index contributed by atoms with van der Waals surface area (Å²) in [5.41, 5.74) is 0.115. The van der Waals surface area contributed by atoms with Crippen LogP contribution in [0.25, 0.3) is 10.9 Å². The van der Waals surface area contributed by atoms with Crippen molar-refractivity contribution in [2.45, 2.75) is 76.2 Å². The molecule has 202 valence electrons. The summed E-state index contributed by atoms with van der Waals surface area (Å²) >= 11 is 0.